The van der Waals surface area contributed by atoms with Crippen molar-refractivity contribution in [2.75, 3.05) is 25.0 Å². The molecule has 2 aliphatic rings. The molecule has 114 valence electrons. The van der Waals surface area contributed by atoms with Gasteiger partial charge in [-0.25, -0.2) is 4.39 Å². The van der Waals surface area contributed by atoms with E-state index < -0.39 is 5.82 Å². The third-order valence-corrected chi connectivity index (χ3v) is 4.40. The lowest BCUT2D eigenvalue weighted by Crippen LogP contribution is -2.49. The summed E-state index contributed by atoms with van der Waals surface area (Å²) in [5.74, 6) is -0.589. The summed E-state index contributed by atoms with van der Waals surface area (Å²) in [6.07, 6.45) is 6.64. The third kappa shape index (κ3) is 3.22. The van der Waals surface area contributed by atoms with Crippen LogP contribution in [-0.4, -0.2) is 47.5 Å². The Morgan fingerprint density at radius 2 is 2.19 bits per heavy atom. The van der Waals surface area contributed by atoms with Gasteiger partial charge in [0.25, 0.3) is 0 Å². The third-order valence-electron chi connectivity index (χ3n) is 4.40. The Labute approximate surface area is 123 Å². The van der Waals surface area contributed by atoms with Crippen LogP contribution in [0.25, 0.3) is 0 Å². The van der Waals surface area contributed by atoms with Crippen LogP contribution in [0.3, 0.4) is 0 Å². The average molecular weight is 292 g/mol. The average Bonchev–Trinajstić information content (AvgIpc) is 3.00. The number of amides is 1. The highest BCUT2D eigenvalue weighted by Crippen LogP contribution is 2.25. The number of carbonyl (C=O) groups excluding carboxylic acids is 1. The monoisotopic (exact) mass is 292 g/mol. The smallest absolute Gasteiger partial charge is 0.241 e. The first-order valence-corrected chi connectivity index (χ1v) is 7.62. The van der Waals surface area contributed by atoms with Crippen molar-refractivity contribution in [3.8, 4) is 0 Å². The molecule has 2 N–H and O–H groups in total. The highest BCUT2D eigenvalue weighted by Gasteiger charge is 2.35. The number of nitrogens with zero attached hydrogens (tertiary/aromatic N) is 2. The number of piperidine rings is 1. The van der Waals surface area contributed by atoms with Crippen molar-refractivity contribution in [3.63, 3.8) is 0 Å². The molecule has 2 aliphatic heterocycles. The number of rotatable bonds is 3. The van der Waals surface area contributed by atoms with Crippen LogP contribution in [0.5, 0.6) is 0 Å². The van der Waals surface area contributed by atoms with Gasteiger partial charge < -0.3 is 10.6 Å². The van der Waals surface area contributed by atoms with Gasteiger partial charge in [0.1, 0.15) is 0 Å². The van der Waals surface area contributed by atoms with Crippen LogP contribution in [0.4, 0.5) is 10.1 Å². The van der Waals surface area contributed by atoms with Crippen LogP contribution in [0, 0.1) is 5.82 Å². The molecule has 1 aromatic rings. The molecule has 0 aliphatic carbocycles. The van der Waals surface area contributed by atoms with Crippen molar-refractivity contribution in [1.82, 2.24) is 15.2 Å². The molecule has 1 aromatic heterocycles. The molecular formula is C15H21FN4O. The zero-order valence-corrected chi connectivity index (χ0v) is 12.0. The van der Waals surface area contributed by atoms with Gasteiger partial charge in [0.2, 0.25) is 5.91 Å². The predicted octanol–water partition coefficient (Wildman–Crippen LogP) is 1.38. The van der Waals surface area contributed by atoms with Crippen molar-refractivity contribution in [2.24, 2.45) is 0 Å². The first kappa shape index (κ1) is 14.4. The van der Waals surface area contributed by atoms with Gasteiger partial charge >= 0.3 is 0 Å². The lowest BCUT2D eigenvalue weighted by atomic mass is 10.0. The molecule has 2 fully saturated rings. The van der Waals surface area contributed by atoms with Gasteiger partial charge in [0, 0.05) is 12.2 Å². The number of pyridine rings is 1. The Kier molecular flexibility index (Phi) is 4.45. The topological polar surface area (TPSA) is 57.3 Å². The molecule has 2 saturated heterocycles. The molecule has 0 bridgehead atoms. The lowest BCUT2D eigenvalue weighted by Gasteiger charge is -2.35. The number of anilines is 1. The quantitative estimate of drug-likeness (QED) is 0.883. The van der Waals surface area contributed by atoms with Gasteiger partial charge in [-0.2, -0.15) is 0 Å². The predicted molar refractivity (Wildman–Crippen MR) is 78.4 cm³/mol. The van der Waals surface area contributed by atoms with Crippen LogP contribution in [0.1, 0.15) is 25.7 Å². The van der Waals surface area contributed by atoms with E-state index in [0.29, 0.717) is 6.04 Å². The molecule has 0 aromatic carbocycles. The van der Waals surface area contributed by atoms with Crippen LogP contribution in [0.15, 0.2) is 18.5 Å². The fourth-order valence-corrected chi connectivity index (χ4v) is 3.34. The van der Waals surface area contributed by atoms with E-state index in [1.54, 1.807) is 0 Å². The molecule has 0 spiro atoms. The summed E-state index contributed by atoms with van der Waals surface area (Å²) in [4.78, 5) is 18.5. The fraction of sp³-hybridized carbons (Fsp3) is 0.600. The Balaban J connectivity index is 1.67. The molecule has 6 heteroatoms. The zero-order valence-electron chi connectivity index (χ0n) is 12.0. The first-order chi connectivity index (χ1) is 10.3. The van der Waals surface area contributed by atoms with Crippen molar-refractivity contribution < 1.29 is 9.18 Å². The van der Waals surface area contributed by atoms with E-state index in [1.165, 1.54) is 12.3 Å². The van der Waals surface area contributed by atoms with E-state index in [2.05, 4.69) is 20.5 Å². The molecule has 0 radical (unpaired) electrons. The minimum absolute atomic E-state index is 0.101. The summed E-state index contributed by atoms with van der Waals surface area (Å²) in [6, 6.07) is 1.82. The summed E-state index contributed by atoms with van der Waals surface area (Å²) in [5, 5.41) is 6.06. The minimum Gasteiger partial charge on any atom is -0.322 e. The maximum atomic E-state index is 13.6. The van der Waals surface area contributed by atoms with E-state index >= 15 is 0 Å². The lowest BCUT2D eigenvalue weighted by molar-refractivity contribution is -0.121. The zero-order chi connectivity index (χ0) is 14.7. The Hall–Kier alpha value is -1.53. The number of carbonyl (C=O) groups is 1. The molecule has 1 amide bonds. The summed E-state index contributed by atoms with van der Waals surface area (Å²) < 4.78 is 13.6. The SMILES string of the molecule is O=C(Nc1ccncc1F)C1CCCN1C1CCNCC1. The van der Waals surface area contributed by atoms with Crippen LogP contribution in [0.2, 0.25) is 0 Å². The number of nitrogens with one attached hydrogen (secondary N) is 2. The van der Waals surface area contributed by atoms with Crippen molar-refractivity contribution >= 4 is 11.6 Å². The van der Waals surface area contributed by atoms with Gasteiger partial charge in [-0.3, -0.25) is 14.7 Å². The largest absolute Gasteiger partial charge is 0.322 e. The first-order valence-electron chi connectivity index (χ1n) is 7.62. The Morgan fingerprint density at radius 1 is 1.38 bits per heavy atom. The number of halogens is 1. The van der Waals surface area contributed by atoms with Gasteiger partial charge in [0.05, 0.1) is 17.9 Å². The van der Waals surface area contributed by atoms with E-state index in [0.717, 1.165) is 51.5 Å². The molecule has 3 heterocycles. The molecule has 3 rings (SSSR count). The number of hydrogen-bond donors (Lipinski definition) is 2. The standard InChI is InChI=1S/C15H21FN4O/c16-12-10-18-8-5-13(12)19-15(21)14-2-1-9-20(14)11-3-6-17-7-4-11/h5,8,10-11,14,17H,1-4,6-7,9H2,(H,18,19,21). The van der Waals surface area contributed by atoms with Crippen LogP contribution < -0.4 is 10.6 Å². The summed E-state index contributed by atoms with van der Waals surface area (Å²) in [7, 11) is 0. The second-order valence-corrected chi connectivity index (χ2v) is 5.72. The van der Waals surface area contributed by atoms with E-state index in [9.17, 15) is 9.18 Å². The van der Waals surface area contributed by atoms with Crippen LogP contribution >= 0.6 is 0 Å². The molecular weight excluding hydrogens is 271 g/mol. The van der Waals surface area contributed by atoms with Crippen molar-refractivity contribution in [1.29, 1.82) is 0 Å². The second-order valence-electron chi connectivity index (χ2n) is 5.72. The molecule has 1 atom stereocenters. The minimum atomic E-state index is -0.489. The summed E-state index contributed by atoms with van der Waals surface area (Å²) >= 11 is 0. The number of hydrogen-bond acceptors (Lipinski definition) is 4. The molecule has 1 unspecified atom stereocenters. The normalized spacial score (nSPS) is 24.1. The Morgan fingerprint density at radius 3 is 2.95 bits per heavy atom. The van der Waals surface area contributed by atoms with Crippen molar-refractivity contribution in [2.45, 2.75) is 37.8 Å². The molecule has 5 nitrogen and oxygen atoms in total. The second kappa shape index (κ2) is 6.49. The Bertz CT molecular complexity index is 504. The molecule has 0 saturated carbocycles. The highest BCUT2D eigenvalue weighted by atomic mass is 19.1. The van der Waals surface area contributed by atoms with Gasteiger partial charge in [-0.05, 0) is 51.4 Å². The van der Waals surface area contributed by atoms with E-state index in [4.69, 9.17) is 0 Å². The summed E-state index contributed by atoms with van der Waals surface area (Å²) in [5.41, 5.74) is 0.215. The summed E-state index contributed by atoms with van der Waals surface area (Å²) in [6.45, 7) is 2.98. The molecule has 21 heavy (non-hydrogen) atoms. The maximum absolute atomic E-state index is 13.6. The fourth-order valence-electron chi connectivity index (χ4n) is 3.34. The number of likely N-dealkylation sites (tertiary alicyclic amines) is 1. The highest BCUT2D eigenvalue weighted by molar-refractivity contribution is 5.95. The van der Waals surface area contributed by atoms with E-state index in [1.807, 2.05) is 0 Å². The van der Waals surface area contributed by atoms with Crippen LogP contribution in [-0.2, 0) is 4.79 Å². The number of aromatic nitrogens is 1. The van der Waals surface area contributed by atoms with E-state index in [-0.39, 0.29) is 17.6 Å². The van der Waals surface area contributed by atoms with Gasteiger partial charge in [-0.15, -0.1) is 0 Å². The van der Waals surface area contributed by atoms with Gasteiger partial charge in [0.15, 0.2) is 5.82 Å². The maximum Gasteiger partial charge on any atom is 0.241 e. The van der Waals surface area contributed by atoms with Gasteiger partial charge in [-0.1, -0.05) is 0 Å². The van der Waals surface area contributed by atoms with Crippen molar-refractivity contribution in [3.05, 3.63) is 24.3 Å².